The van der Waals surface area contributed by atoms with Crippen LogP contribution in [0.5, 0.6) is 5.75 Å². The van der Waals surface area contributed by atoms with E-state index in [2.05, 4.69) is 20.8 Å². The number of carbonyl (C=O) groups excluding carboxylic acids is 4. The number of amides is 2. The third-order valence-electron chi connectivity index (χ3n) is 7.11. The number of fused-ring (bicyclic) bond motifs is 1. The number of rotatable bonds is 14. The molecule has 46 heavy (non-hydrogen) atoms. The van der Waals surface area contributed by atoms with E-state index in [0.29, 0.717) is 28.1 Å². The van der Waals surface area contributed by atoms with E-state index in [9.17, 15) is 29.1 Å². The molecular formula is C33H34N4O9. The van der Waals surface area contributed by atoms with Crippen LogP contribution in [0.1, 0.15) is 42.0 Å². The molecule has 0 unspecified atom stereocenters. The molecular weight excluding hydrogens is 596 g/mol. The number of methoxy groups -OCH3 is 1. The van der Waals surface area contributed by atoms with Crippen molar-refractivity contribution >= 4 is 40.3 Å². The van der Waals surface area contributed by atoms with Gasteiger partial charge in [-0.2, -0.15) is 4.98 Å². The molecule has 1 aromatic heterocycles. The van der Waals surface area contributed by atoms with Crippen molar-refractivity contribution in [1.29, 1.82) is 0 Å². The molecule has 13 heteroatoms. The summed E-state index contributed by atoms with van der Waals surface area (Å²) in [6.45, 7) is 4.28. The van der Waals surface area contributed by atoms with Gasteiger partial charge in [-0.3, -0.25) is 19.2 Å². The molecule has 0 fully saturated rings. The van der Waals surface area contributed by atoms with Gasteiger partial charge in [-0.1, -0.05) is 55.4 Å². The van der Waals surface area contributed by atoms with Gasteiger partial charge in [0.15, 0.2) is 18.2 Å². The lowest BCUT2D eigenvalue weighted by Gasteiger charge is -2.24. The predicted octanol–water partition coefficient (Wildman–Crippen LogP) is 3.28. The first-order valence-electron chi connectivity index (χ1n) is 14.4. The molecule has 240 valence electrons. The zero-order valence-electron chi connectivity index (χ0n) is 25.7. The van der Waals surface area contributed by atoms with E-state index in [0.717, 1.165) is 5.39 Å². The Balaban J connectivity index is 1.42. The lowest BCUT2D eigenvalue weighted by Crippen LogP contribution is -2.54. The number of aromatic nitrogens is 2. The third kappa shape index (κ3) is 8.31. The molecule has 4 aromatic rings. The molecule has 2 atom stereocenters. The zero-order valence-corrected chi connectivity index (χ0v) is 25.7. The number of aliphatic carboxylic acids is 1. The van der Waals surface area contributed by atoms with E-state index >= 15 is 0 Å². The number of ketones is 1. The molecule has 0 aliphatic heterocycles. The fourth-order valence-electron chi connectivity index (χ4n) is 4.80. The first-order chi connectivity index (χ1) is 22.0. The van der Waals surface area contributed by atoms with Crippen molar-refractivity contribution in [3.63, 3.8) is 0 Å². The van der Waals surface area contributed by atoms with Gasteiger partial charge >= 0.3 is 11.9 Å². The van der Waals surface area contributed by atoms with Crippen LogP contribution in [-0.4, -0.2) is 70.6 Å². The summed E-state index contributed by atoms with van der Waals surface area (Å²) in [7, 11) is 1.45. The zero-order chi connectivity index (χ0) is 33.4. The minimum atomic E-state index is -1.52. The topological polar surface area (TPSA) is 187 Å². The van der Waals surface area contributed by atoms with Gasteiger partial charge < -0.3 is 29.7 Å². The van der Waals surface area contributed by atoms with Gasteiger partial charge in [0.1, 0.15) is 17.8 Å². The number of carboxylic acids is 1. The van der Waals surface area contributed by atoms with Crippen molar-refractivity contribution in [2.45, 2.75) is 45.7 Å². The summed E-state index contributed by atoms with van der Waals surface area (Å²) in [6, 6.07) is 14.6. The molecule has 4 rings (SSSR count). The number of esters is 1. The maximum atomic E-state index is 13.3. The van der Waals surface area contributed by atoms with Crippen molar-refractivity contribution in [3.8, 4) is 17.2 Å². The third-order valence-corrected chi connectivity index (χ3v) is 7.11. The van der Waals surface area contributed by atoms with Crippen LogP contribution >= 0.6 is 0 Å². The Kier molecular flexibility index (Phi) is 10.8. The number of carbonyl (C=O) groups is 5. The minimum Gasteiger partial charge on any atom is -0.496 e. The standard InChI is InChI=1S/C33H34N4O9/c1-18(2)30(36-28(39)15-22-14-21(12-13-27(22)44-4)32-34-19(3)37-46-32)31(42)35-25(16-29(40)41)26(38)17-45-33(43)24-11-7-9-20-8-5-6-10-23(20)24/h5-14,18,25,30H,15-17H2,1-4H3,(H,35,42)(H,36,39)(H,40,41)/t25-,30-/m0/s1. The number of nitrogens with one attached hydrogen (secondary N) is 2. The van der Waals surface area contributed by atoms with Crippen LogP contribution < -0.4 is 15.4 Å². The number of nitrogens with zero attached hydrogens (tertiary/aromatic N) is 2. The number of Topliss-reactive ketones (excluding diaryl/α,β-unsaturated/α-hetero) is 1. The molecule has 0 spiro atoms. The second-order valence-corrected chi connectivity index (χ2v) is 10.9. The molecule has 0 radical (unpaired) electrons. The first-order valence-corrected chi connectivity index (χ1v) is 14.4. The summed E-state index contributed by atoms with van der Waals surface area (Å²) < 4.78 is 15.8. The molecule has 0 bridgehead atoms. The summed E-state index contributed by atoms with van der Waals surface area (Å²) in [5.74, 6) is -3.57. The fraction of sp³-hybridized carbons (Fsp3) is 0.303. The quantitative estimate of drug-likeness (QED) is 0.174. The Bertz CT molecular complexity index is 1760. The van der Waals surface area contributed by atoms with E-state index in [-0.39, 0.29) is 17.9 Å². The van der Waals surface area contributed by atoms with Crippen molar-refractivity contribution in [1.82, 2.24) is 20.8 Å². The van der Waals surface area contributed by atoms with E-state index in [1.807, 2.05) is 18.2 Å². The average Bonchev–Trinajstić information content (AvgIpc) is 3.47. The summed E-state index contributed by atoms with van der Waals surface area (Å²) in [6.07, 6.45) is -0.934. The summed E-state index contributed by atoms with van der Waals surface area (Å²) in [5.41, 5.74) is 1.29. The number of carboxylic acid groups (broad SMARTS) is 1. The Morgan fingerprint density at radius 3 is 2.39 bits per heavy atom. The predicted molar refractivity (Wildman–Crippen MR) is 165 cm³/mol. The normalized spacial score (nSPS) is 12.3. The molecule has 1 heterocycles. The van der Waals surface area contributed by atoms with Crippen LogP contribution in [0.2, 0.25) is 0 Å². The number of benzene rings is 3. The SMILES string of the molecule is COc1ccc(-c2nc(C)no2)cc1CC(=O)N[C@H](C(=O)N[C@@H](CC(=O)O)C(=O)COC(=O)c1cccc2ccccc12)C(C)C. The number of hydrogen-bond donors (Lipinski definition) is 3. The maximum Gasteiger partial charge on any atom is 0.339 e. The van der Waals surface area contributed by atoms with E-state index in [1.165, 1.54) is 7.11 Å². The molecule has 2 amide bonds. The molecule has 13 nitrogen and oxygen atoms in total. The van der Waals surface area contributed by atoms with E-state index in [1.54, 1.807) is 63.2 Å². The molecule has 0 saturated carbocycles. The van der Waals surface area contributed by atoms with Gasteiger partial charge in [0, 0.05) is 11.1 Å². The largest absolute Gasteiger partial charge is 0.496 e. The first kappa shape index (κ1) is 33.3. The molecule has 3 aromatic carbocycles. The van der Waals surface area contributed by atoms with Crippen molar-refractivity contribution in [3.05, 3.63) is 77.6 Å². The summed E-state index contributed by atoms with van der Waals surface area (Å²) in [4.78, 5) is 68.0. The van der Waals surface area contributed by atoms with Crippen molar-refractivity contribution in [2.75, 3.05) is 13.7 Å². The van der Waals surface area contributed by atoms with Crippen LogP contribution in [0.4, 0.5) is 0 Å². The molecule has 0 aliphatic rings. The van der Waals surface area contributed by atoms with Crippen molar-refractivity contribution < 1.29 is 43.1 Å². The van der Waals surface area contributed by atoms with Crippen molar-refractivity contribution in [2.24, 2.45) is 5.92 Å². The Morgan fingerprint density at radius 2 is 1.72 bits per heavy atom. The van der Waals surface area contributed by atoms with Gasteiger partial charge in [-0.25, -0.2) is 4.79 Å². The highest BCUT2D eigenvalue weighted by atomic mass is 16.5. The average molecular weight is 631 g/mol. The number of aryl methyl sites for hydroxylation is 1. The Morgan fingerprint density at radius 1 is 0.978 bits per heavy atom. The number of ether oxygens (including phenoxy) is 2. The van der Waals surface area contributed by atoms with Gasteiger partial charge in [-0.05, 0) is 47.9 Å². The minimum absolute atomic E-state index is 0.178. The lowest BCUT2D eigenvalue weighted by molar-refractivity contribution is -0.141. The highest BCUT2D eigenvalue weighted by Gasteiger charge is 2.31. The fourth-order valence-corrected chi connectivity index (χ4v) is 4.80. The van der Waals surface area contributed by atoms with Gasteiger partial charge in [0.2, 0.25) is 11.8 Å². The van der Waals surface area contributed by atoms with Gasteiger partial charge in [-0.15, -0.1) is 0 Å². The summed E-state index contributed by atoms with van der Waals surface area (Å²) >= 11 is 0. The second-order valence-electron chi connectivity index (χ2n) is 10.9. The smallest absolute Gasteiger partial charge is 0.339 e. The summed E-state index contributed by atoms with van der Waals surface area (Å²) in [5, 5.41) is 19.7. The van der Waals surface area contributed by atoms with Gasteiger partial charge in [0.25, 0.3) is 5.89 Å². The monoisotopic (exact) mass is 630 g/mol. The van der Waals surface area contributed by atoms with Crippen LogP contribution in [0.15, 0.2) is 65.2 Å². The van der Waals surface area contributed by atoms with E-state index < -0.39 is 60.6 Å². The lowest BCUT2D eigenvalue weighted by atomic mass is 10.0. The molecule has 0 aliphatic carbocycles. The Labute approximate surface area is 264 Å². The van der Waals surface area contributed by atoms with E-state index in [4.69, 9.17) is 14.0 Å². The maximum absolute atomic E-state index is 13.3. The van der Waals surface area contributed by atoms with Crippen LogP contribution in [-0.2, 0) is 30.3 Å². The van der Waals surface area contributed by atoms with Crippen LogP contribution in [0.3, 0.4) is 0 Å². The second kappa shape index (κ2) is 14.9. The molecule has 3 N–H and O–H groups in total. The highest BCUT2D eigenvalue weighted by molar-refractivity contribution is 6.05. The number of hydrogen-bond acceptors (Lipinski definition) is 10. The van der Waals surface area contributed by atoms with Gasteiger partial charge in [0.05, 0.1) is 25.5 Å². The Hall–Kier alpha value is -5.59. The van der Waals surface area contributed by atoms with Crippen LogP contribution in [0, 0.1) is 12.8 Å². The van der Waals surface area contributed by atoms with Crippen LogP contribution in [0.25, 0.3) is 22.2 Å². The highest BCUT2D eigenvalue weighted by Crippen LogP contribution is 2.26. The molecule has 0 saturated heterocycles.